The molecule has 290 valence electrons. The second-order valence-electron chi connectivity index (χ2n) is 11.8. The lowest BCUT2D eigenvalue weighted by Gasteiger charge is -2.26. The van der Waals surface area contributed by atoms with Gasteiger partial charge in [-0.1, -0.05) is 49.9 Å². The highest BCUT2D eigenvalue weighted by atomic mass is 32.2. The number of aromatic nitrogens is 5. The molecule has 4 rings (SSSR count). The van der Waals surface area contributed by atoms with Crippen molar-refractivity contribution in [2.45, 2.75) is 69.3 Å². The van der Waals surface area contributed by atoms with Crippen LogP contribution in [0.25, 0.3) is 5.65 Å². The molecule has 0 aliphatic carbocycles. The van der Waals surface area contributed by atoms with E-state index in [4.69, 9.17) is 4.74 Å². The Balaban J connectivity index is 1.53. The minimum absolute atomic E-state index is 0.0380. The van der Waals surface area contributed by atoms with E-state index in [1.54, 1.807) is 42.8 Å². The van der Waals surface area contributed by atoms with E-state index in [9.17, 15) is 19.5 Å². The van der Waals surface area contributed by atoms with E-state index in [1.165, 1.54) is 34.9 Å². The molecule has 3 heterocycles. The lowest BCUT2D eigenvalue weighted by molar-refractivity contribution is -0.113. The van der Waals surface area contributed by atoms with E-state index in [2.05, 4.69) is 146 Å². The molecule has 0 aliphatic heterocycles. The average Bonchev–Trinajstić information content (AvgIpc) is 3.79. The van der Waals surface area contributed by atoms with Gasteiger partial charge >= 0.3 is 17.8 Å². The molecule has 1 unspecified atom stereocenters. The highest BCUT2D eigenvalue weighted by Gasteiger charge is 2.29. The van der Waals surface area contributed by atoms with Crippen molar-refractivity contribution in [3.63, 3.8) is 0 Å². The van der Waals surface area contributed by atoms with Crippen molar-refractivity contribution in [1.29, 1.82) is 0 Å². The zero-order valence-corrected chi connectivity index (χ0v) is 33.7. The lowest BCUT2D eigenvalue weighted by Crippen LogP contribution is -2.34. The number of fused-ring (bicyclic) bond motifs is 1. The molecule has 0 saturated heterocycles. The highest BCUT2D eigenvalue weighted by molar-refractivity contribution is 7.99. The molecule has 1 atom stereocenters. The van der Waals surface area contributed by atoms with Crippen LogP contribution in [0.5, 0.6) is 0 Å². The van der Waals surface area contributed by atoms with Crippen LogP contribution >= 0.6 is 11.8 Å². The van der Waals surface area contributed by atoms with Gasteiger partial charge in [0.15, 0.2) is 11.5 Å². The Kier molecular flexibility index (Phi) is 17.8. The molecule has 12 heteroatoms. The third-order valence-corrected chi connectivity index (χ3v) is 8.85. The van der Waals surface area contributed by atoms with Gasteiger partial charge in [0.25, 0.3) is 0 Å². The fraction of sp³-hybridized carbons (Fsp3) is 0.208. The minimum Gasteiger partial charge on any atom is -0.478 e. The third-order valence-electron chi connectivity index (χ3n) is 7.64. The maximum atomic E-state index is 13.7. The van der Waals surface area contributed by atoms with Gasteiger partial charge in [0.2, 0.25) is 0 Å². The fourth-order valence-corrected chi connectivity index (χ4v) is 5.95. The molecular weight excluding hydrogens is 773 g/mol. The van der Waals surface area contributed by atoms with E-state index in [-0.39, 0.29) is 11.3 Å². The number of ether oxygens (including phenoxy) is 1. The van der Waals surface area contributed by atoms with Crippen molar-refractivity contribution in [2.24, 2.45) is 0 Å². The van der Waals surface area contributed by atoms with E-state index < -0.39 is 23.9 Å². The van der Waals surface area contributed by atoms with Crippen LogP contribution in [0.15, 0.2) is 52.5 Å². The number of carboxylic acid groups (broad SMARTS) is 1. The quantitative estimate of drug-likeness (QED) is 0.108. The van der Waals surface area contributed by atoms with Crippen LogP contribution in [0.1, 0.15) is 84.7 Å². The summed E-state index contributed by atoms with van der Waals surface area (Å²) in [5, 5.41) is 22.2. The number of pyridine rings is 1. The van der Waals surface area contributed by atoms with E-state index >= 15 is 0 Å². The fourth-order valence-electron chi connectivity index (χ4n) is 4.96. The highest BCUT2D eigenvalue weighted by Crippen LogP contribution is 2.36. The van der Waals surface area contributed by atoms with Crippen LogP contribution < -0.4 is 4.90 Å². The molecule has 1 aromatic carbocycles. The van der Waals surface area contributed by atoms with Crippen molar-refractivity contribution in [1.82, 2.24) is 24.8 Å². The second-order valence-corrected chi connectivity index (χ2v) is 12.8. The number of carbonyl (C=O) groups is 3. The van der Waals surface area contributed by atoms with Gasteiger partial charge in [-0.05, 0) is 152 Å². The van der Waals surface area contributed by atoms with E-state index in [0.29, 0.717) is 39.3 Å². The van der Waals surface area contributed by atoms with Crippen LogP contribution in [0.2, 0.25) is 0 Å². The maximum Gasteiger partial charge on any atom is 0.340 e. The van der Waals surface area contributed by atoms with Crippen LogP contribution in [0.4, 0.5) is 5.69 Å². The van der Waals surface area contributed by atoms with Gasteiger partial charge in [-0.2, -0.15) is 0 Å². The van der Waals surface area contributed by atoms with Crippen molar-refractivity contribution in [2.75, 3.05) is 11.5 Å². The molecule has 0 saturated carbocycles. The molecule has 3 aromatic heterocycles. The van der Waals surface area contributed by atoms with Crippen LogP contribution in [-0.4, -0.2) is 54.4 Å². The van der Waals surface area contributed by atoms with Crippen molar-refractivity contribution in [3.8, 4) is 118 Å². The molecule has 0 spiro atoms. The first-order chi connectivity index (χ1) is 29.3. The number of amides is 1. The largest absolute Gasteiger partial charge is 0.478 e. The van der Waals surface area contributed by atoms with Gasteiger partial charge in [-0.25, -0.2) is 19.1 Å². The average molecular weight is 805 g/mol. The molecule has 11 nitrogen and oxygen atoms in total. The summed E-state index contributed by atoms with van der Waals surface area (Å²) in [5.41, 5.74) is 1.65. The molecular formula is C48H32N6O5S. The molecule has 0 bridgehead atoms. The summed E-state index contributed by atoms with van der Waals surface area (Å²) in [6, 6.07) is 8.39. The standard InChI is InChI=1S/C48H32N6O5S/c1-5-7-9-11-12-13-14-15-16-17-18-19-20-21-22-23-24-25-26-33-42(55)53(40-31-28-30-39(36-40)47(56)57)38(4)44-50-51-45-43(37(3)52-54(44)45)60-46-41(32-29-34-49-46)48(58)59-35-27-10-8-6-2/h28-32,34,36,38,52H,6,8,10,27,35H2,1-4H3,(H,56,57). The number of aromatic amines is 1. The molecule has 2 N–H and O–H groups in total. The Bertz CT molecular complexity index is 2970. The van der Waals surface area contributed by atoms with Crippen molar-refractivity contribution >= 4 is 40.9 Å². The Morgan fingerprint density at radius 1 is 0.833 bits per heavy atom. The first kappa shape index (κ1) is 44.1. The predicted octanol–water partition coefficient (Wildman–Crippen LogP) is 5.50. The van der Waals surface area contributed by atoms with Gasteiger partial charge in [0.1, 0.15) is 5.03 Å². The van der Waals surface area contributed by atoms with Crippen molar-refractivity contribution in [3.05, 3.63) is 65.2 Å². The van der Waals surface area contributed by atoms with Gasteiger partial charge in [-0.3, -0.25) is 14.8 Å². The molecule has 4 aromatic rings. The third kappa shape index (κ3) is 13.3. The molecule has 60 heavy (non-hydrogen) atoms. The maximum absolute atomic E-state index is 13.7. The summed E-state index contributed by atoms with van der Waals surface area (Å²) in [4.78, 5) is 45.0. The number of carboxylic acids is 1. The predicted molar refractivity (Wildman–Crippen MR) is 228 cm³/mol. The van der Waals surface area contributed by atoms with Crippen LogP contribution in [-0.2, 0) is 9.53 Å². The Labute approximate surface area is 353 Å². The summed E-state index contributed by atoms with van der Waals surface area (Å²) in [7, 11) is 0. The van der Waals surface area contributed by atoms with Gasteiger partial charge in [0.05, 0.1) is 28.7 Å². The number of aromatic carboxylic acids is 1. The summed E-state index contributed by atoms with van der Waals surface area (Å²) >= 11 is 1.23. The number of aryl methyl sites for hydroxylation is 1. The number of anilines is 1. The molecule has 0 radical (unpaired) electrons. The zero-order valence-electron chi connectivity index (χ0n) is 32.9. The topological polar surface area (TPSA) is 143 Å². The second kappa shape index (κ2) is 24.1. The Morgan fingerprint density at radius 2 is 1.45 bits per heavy atom. The number of H-pyrrole nitrogens is 1. The van der Waals surface area contributed by atoms with Crippen LogP contribution in [0.3, 0.4) is 0 Å². The summed E-state index contributed by atoms with van der Waals surface area (Å²) in [6.07, 6.45) is 5.50. The lowest BCUT2D eigenvalue weighted by atomic mass is 10.1. The van der Waals surface area contributed by atoms with Gasteiger partial charge in [-0.15, -0.1) is 10.2 Å². The van der Waals surface area contributed by atoms with E-state index in [1.807, 2.05) is 6.92 Å². The minimum atomic E-state index is -1.17. The SMILES string of the molecule is CC#CC#CC#CC#CC#CC#CC#CC#CC#CC#CC(=O)N(c1cccc(C(=O)O)c1)C(C)c1nnc2c(Sc3ncccc3C(=O)OCCCCCC)c(C)[nH]n12. The summed E-state index contributed by atoms with van der Waals surface area (Å²) in [5.74, 6) is 48.3. The number of nitrogens with zero attached hydrogens (tertiary/aromatic N) is 5. The van der Waals surface area contributed by atoms with Gasteiger partial charge < -0.3 is 9.84 Å². The normalized spacial score (nSPS) is 9.27. The smallest absolute Gasteiger partial charge is 0.340 e. The first-order valence-electron chi connectivity index (χ1n) is 18.1. The molecule has 1 amide bonds. The molecule has 0 aliphatic rings. The summed E-state index contributed by atoms with van der Waals surface area (Å²) in [6.45, 7) is 7.65. The Morgan fingerprint density at radius 3 is 2.05 bits per heavy atom. The number of rotatable bonds is 12. The number of hydrogen-bond donors (Lipinski definition) is 2. The zero-order chi connectivity index (χ0) is 43.0. The van der Waals surface area contributed by atoms with Crippen molar-refractivity contribution < 1.29 is 24.2 Å². The number of carbonyl (C=O) groups excluding carboxylic acids is 2. The summed E-state index contributed by atoms with van der Waals surface area (Å²) < 4.78 is 7.15. The van der Waals surface area contributed by atoms with E-state index in [0.717, 1.165) is 25.7 Å². The number of hydrogen-bond acceptors (Lipinski definition) is 8. The number of benzene rings is 1. The molecule has 0 fully saturated rings. The monoisotopic (exact) mass is 804 g/mol. The number of esters is 1. The Hall–Kier alpha value is -8.59. The number of unbranched alkanes of at least 4 members (excludes halogenated alkanes) is 3. The number of nitrogens with one attached hydrogen (secondary N) is 1. The first-order valence-corrected chi connectivity index (χ1v) is 18.9. The van der Waals surface area contributed by atoms with Gasteiger partial charge in [0, 0.05) is 35.3 Å². The van der Waals surface area contributed by atoms with Crippen LogP contribution in [0, 0.1) is 125 Å².